The van der Waals surface area contributed by atoms with E-state index in [4.69, 9.17) is 21.0 Å². The van der Waals surface area contributed by atoms with Gasteiger partial charge in [0.05, 0.1) is 0 Å². The number of aliphatic carboxylic acids is 1. The highest BCUT2D eigenvalue weighted by atomic mass is 19.1. The molecule has 0 saturated heterocycles. The standard InChI is InChI=1S/C26H21FO4/c1-3-19-6-4-5-7-23(19)24(20-8-10-21(27)11-9-20)14-15-30-22-12-13-25(18(2)16-22)31-17-26(28)29/h1,4-14,16H,15,17H2,2H3,(H,28,29). The van der Waals surface area contributed by atoms with Crippen LogP contribution >= 0.6 is 0 Å². The van der Waals surface area contributed by atoms with Crippen LogP contribution in [-0.2, 0) is 4.79 Å². The molecule has 0 spiro atoms. The van der Waals surface area contributed by atoms with E-state index in [0.29, 0.717) is 11.5 Å². The first-order valence-electron chi connectivity index (χ1n) is 9.58. The zero-order valence-corrected chi connectivity index (χ0v) is 17.0. The quantitative estimate of drug-likeness (QED) is 0.520. The molecule has 0 aliphatic rings. The fourth-order valence-electron chi connectivity index (χ4n) is 3.09. The van der Waals surface area contributed by atoms with E-state index in [-0.39, 0.29) is 12.4 Å². The van der Waals surface area contributed by atoms with Crippen molar-refractivity contribution in [1.29, 1.82) is 0 Å². The number of ether oxygens (including phenoxy) is 2. The Morgan fingerprint density at radius 2 is 1.84 bits per heavy atom. The largest absolute Gasteiger partial charge is 0.489 e. The van der Waals surface area contributed by atoms with Crippen molar-refractivity contribution >= 4 is 11.5 Å². The molecule has 0 aliphatic carbocycles. The van der Waals surface area contributed by atoms with Gasteiger partial charge in [-0.25, -0.2) is 9.18 Å². The van der Waals surface area contributed by atoms with Crippen LogP contribution in [0.1, 0.15) is 22.3 Å². The molecule has 5 heteroatoms. The molecule has 0 aromatic heterocycles. The minimum absolute atomic E-state index is 0.250. The van der Waals surface area contributed by atoms with Crippen LogP contribution < -0.4 is 9.47 Å². The van der Waals surface area contributed by atoms with Gasteiger partial charge in [-0.15, -0.1) is 6.42 Å². The fraction of sp³-hybridized carbons (Fsp3) is 0.115. The van der Waals surface area contributed by atoms with Crippen LogP contribution in [0.25, 0.3) is 5.57 Å². The summed E-state index contributed by atoms with van der Waals surface area (Å²) >= 11 is 0. The molecule has 0 atom stereocenters. The lowest BCUT2D eigenvalue weighted by atomic mass is 9.94. The van der Waals surface area contributed by atoms with Gasteiger partial charge in [0.25, 0.3) is 0 Å². The maximum atomic E-state index is 13.4. The third kappa shape index (κ3) is 5.74. The van der Waals surface area contributed by atoms with E-state index in [1.807, 2.05) is 37.3 Å². The van der Waals surface area contributed by atoms with Crippen LogP contribution in [-0.4, -0.2) is 24.3 Å². The van der Waals surface area contributed by atoms with E-state index in [2.05, 4.69) is 5.92 Å². The molecule has 0 radical (unpaired) electrons. The molecule has 1 N–H and O–H groups in total. The minimum Gasteiger partial charge on any atom is -0.489 e. The van der Waals surface area contributed by atoms with Gasteiger partial charge in [-0.2, -0.15) is 0 Å². The summed E-state index contributed by atoms with van der Waals surface area (Å²) in [5.41, 5.74) is 4.01. The Morgan fingerprint density at radius 1 is 1.10 bits per heavy atom. The van der Waals surface area contributed by atoms with Crippen molar-refractivity contribution in [3.63, 3.8) is 0 Å². The van der Waals surface area contributed by atoms with E-state index in [9.17, 15) is 9.18 Å². The molecule has 3 aromatic carbocycles. The van der Waals surface area contributed by atoms with E-state index < -0.39 is 12.6 Å². The number of carboxylic acid groups (broad SMARTS) is 1. The number of hydrogen-bond donors (Lipinski definition) is 1. The number of carboxylic acids is 1. The first kappa shape index (κ1) is 21.7. The van der Waals surface area contributed by atoms with Crippen molar-refractivity contribution in [2.45, 2.75) is 6.92 Å². The van der Waals surface area contributed by atoms with Crippen molar-refractivity contribution in [3.05, 3.63) is 101 Å². The second kappa shape index (κ2) is 10.1. The molecule has 4 nitrogen and oxygen atoms in total. The molecule has 0 bridgehead atoms. The molecule has 0 aliphatic heterocycles. The molecule has 156 valence electrons. The zero-order chi connectivity index (χ0) is 22.2. The second-order valence-electron chi connectivity index (χ2n) is 6.74. The highest BCUT2D eigenvalue weighted by Crippen LogP contribution is 2.27. The first-order chi connectivity index (χ1) is 15.0. The van der Waals surface area contributed by atoms with Crippen LogP contribution in [0.3, 0.4) is 0 Å². The van der Waals surface area contributed by atoms with Crippen LogP contribution in [0.15, 0.2) is 72.8 Å². The van der Waals surface area contributed by atoms with Crippen LogP contribution in [0.5, 0.6) is 11.5 Å². The third-order valence-corrected chi connectivity index (χ3v) is 4.56. The molecule has 31 heavy (non-hydrogen) atoms. The van der Waals surface area contributed by atoms with Gasteiger partial charge in [0.1, 0.15) is 23.9 Å². The molecule has 3 rings (SSSR count). The number of halogens is 1. The van der Waals surface area contributed by atoms with Crippen LogP contribution in [0.4, 0.5) is 4.39 Å². The first-order valence-corrected chi connectivity index (χ1v) is 9.58. The predicted octanol–water partition coefficient (Wildman–Crippen LogP) is 5.09. The second-order valence-corrected chi connectivity index (χ2v) is 6.74. The SMILES string of the molecule is C#Cc1ccccc1C(=CCOc1ccc(OCC(=O)O)c(C)c1)c1ccc(F)cc1. The summed E-state index contributed by atoms with van der Waals surface area (Å²) in [6, 6.07) is 18.9. The smallest absolute Gasteiger partial charge is 0.341 e. The number of carbonyl (C=O) groups is 1. The zero-order valence-electron chi connectivity index (χ0n) is 17.0. The van der Waals surface area contributed by atoms with Crippen LogP contribution in [0.2, 0.25) is 0 Å². The lowest BCUT2D eigenvalue weighted by Crippen LogP contribution is -2.10. The normalized spacial score (nSPS) is 10.9. The predicted molar refractivity (Wildman–Crippen MR) is 118 cm³/mol. The van der Waals surface area contributed by atoms with Crippen LogP contribution in [0, 0.1) is 25.1 Å². The Bertz CT molecular complexity index is 1140. The number of rotatable bonds is 8. The molecule has 3 aromatic rings. The Labute approximate surface area is 180 Å². The Hall–Kier alpha value is -4.04. The van der Waals surface area contributed by atoms with Gasteiger partial charge < -0.3 is 14.6 Å². The average Bonchev–Trinajstić information content (AvgIpc) is 2.77. The number of hydrogen-bond acceptors (Lipinski definition) is 3. The monoisotopic (exact) mass is 416 g/mol. The Kier molecular flexibility index (Phi) is 7.08. The lowest BCUT2D eigenvalue weighted by molar-refractivity contribution is -0.139. The van der Waals surface area contributed by atoms with E-state index in [1.165, 1.54) is 12.1 Å². The van der Waals surface area contributed by atoms with Gasteiger partial charge in [-0.05, 0) is 71.7 Å². The highest BCUT2D eigenvalue weighted by molar-refractivity contribution is 5.82. The Morgan fingerprint density at radius 3 is 2.52 bits per heavy atom. The topological polar surface area (TPSA) is 55.8 Å². The summed E-state index contributed by atoms with van der Waals surface area (Å²) in [6.45, 7) is 1.66. The summed E-state index contributed by atoms with van der Waals surface area (Å²) in [5, 5.41) is 8.74. The van der Waals surface area contributed by atoms with Crippen molar-refractivity contribution in [2.24, 2.45) is 0 Å². The van der Waals surface area contributed by atoms with Gasteiger partial charge in [0.15, 0.2) is 6.61 Å². The maximum absolute atomic E-state index is 13.4. The van der Waals surface area contributed by atoms with E-state index in [1.54, 1.807) is 30.3 Å². The van der Waals surface area contributed by atoms with Crippen molar-refractivity contribution in [1.82, 2.24) is 0 Å². The van der Waals surface area contributed by atoms with Crippen molar-refractivity contribution < 1.29 is 23.8 Å². The van der Waals surface area contributed by atoms with E-state index >= 15 is 0 Å². The van der Waals surface area contributed by atoms with Gasteiger partial charge in [0, 0.05) is 5.56 Å². The number of terminal acetylenes is 1. The number of benzene rings is 3. The minimum atomic E-state index is -1.04. The molecule has 0 saturated carbocycles. The number of aryl methyl sites for hydroxylation is 1. The lowest BCUT2D eigenvalue weighted by Gasteiger charge is -2.13. The summed E-state index contributed by atoms with van der Waals surface area (Å²) in [4.78, 5) is 10.7. The van der Waals surface area contributed by atoms with Crippen molar-refractivity contribution in [2.75, 3.05) is 13.2 Å². The van der Waals surface area contributed by atoms with Gasteiger partial charge >= 0.3 is 5.97 Å². The average molecular weight is 416 g/mol. The Balaban J connectivity index is 1.83. The molecule has 0 amide bonds. The summed E-state index contributed by atoms with van der Waals surface area (Å²) in [7, 11) is 0. The molecular formula is C26H21FO4. The summed E-state index contributed by atoms with van der Waals surface area (Å²) < 4.78 is 24.5. The molecule has 0 unspecified atom stereocenters. The fourth-order valence-corrected chi connectivity index (χ4v) is 3.09. The van der Waals surface area contributed by atoms with Gasteiger partial charge in [-0.1, -0.05) is 36.3 Å². The maximum Gasteiger partial charge on any atom is 0.341 e. The summed E-state index contributed by atoms with van der Waals surface area (Å²) in [5.74, 6) is 2.43. The van der Waals surface area contributed by atoms with Crippen molar-refractivity contribution in [3.8, 4) is 23.8 Å². The molecule has 0 heterocycles. The van der Waals surface area contributed by atoms with Gasteiger partial charge in [-0.3, -0.25) is 0 Å². The third-order valence-electron chi connectivity index (χ3n) is 4.56. The van der Waals surface area contributed by atoms with Gasteiger partial charge in [0.2, 0.25) is 0 Å². The molecule has 0 fully saturated rings. The molecular weight excluding hydrogens is 395 g/mol. The van der Waals surface area contributed by atoms with E-state index in [0.717, 1.165) is 27.8 Å². The highest BCUT2D eigenvalue weighted by Gasteiger charge is 2.10. The summed E-state index contributed by atoms with van der Waals surface area (Å²) in [6.07, 6.45) is 7.56.